The molecule has 1 aliphatic heterocycles. The Morgan fingerprint density at radius 1 is 1.31 bits per heavy atom. The molecule has 0 saturated carbocycles. The Morgan fingerprint density at radius 3 is 2.81 bits per heavy atom. The number of methoxy groups -OCH3 is 2. The molecule has 1 atom stereocenters. The van der Waals surface area contributed by atoms with Gasteiger partial charge < -0.3 is 14.8 Å². The van der Waals surface area contributed by atoms with Gasteiger partial charge in [0.2, 0.25) is 0 Å². The summed E-state index contributed by atoms with van der Waals surface area (Å²) < 4.78 is 10.6. The van der Waals surface area contributed by atoms with Gasteiger partial charge >= 0.3 is 0 Å². The first-order valence-electron chi connectivity index (χ1n) is 5.42. The van der Waals surface area contributed by atoms with Crippen LogP contribution in [0.2, 0.25) is 0 Å². The van der Waals surface area contributed by atoms with Crippen molar-refractivity contribution >= 4 is 11.8 Å². The number of hydrogen-bond acceptors (Lipinski definition) is 4. The van der Waals surface area contributed by atoms with Crippen LogP contribution in [0.25, 0.3) is 0 Å². The number of thioether (sulfide) groups is 1. The van der Waals surface area contributed by atoms with E-state index in [-0.39, 0.29) is 0 Å². The first-order chi connectivity index (χ1) is 7.85. The summed E-state index contributed by atoms with van der Waals surface area (Å²) in [5.41, 5.74) is 1.17. The average Bonchev–Trinajstić information content (AvgIpc) is 2.39. The minimum Gasteiger partial charge on any atom is -0.497 e. The van der Waals surface area contributed by atoms with Crippen LogP contribution in [0, 0.1) is 0 Å². The lowest BCUT2D eigenvalue weighted by Crippen LogP contribution is -2.25. The summed E-state index contributed by atoms with van der Waals surface area (Å²) >= 11 is 1.92. The van der Waals surface area contributed by atoms with Crippen LogP contribution in [0.3, 0.4) is 0 Å². The van der Waals surface area contributed by atoms with Crippen molar-refractivity contribution in [2.75, 3.05) is 26.5 Å². The summed E-state index contributed by atoms with van der Waals surface area (Å²) in [6.45, 7) is 1.07. The van der Waals surface area contributed by atoms with Gasteiger partial charge in [0.05, 0.1) is 19.6 Å². The van der Waals surface area contributed by atoms with Gasteiger partial charge in [0.15, 0.2) is 0 Å². The third kappa shape index (κ3) is 2.44. The SMILES string of the molecule is COc1ccc(OC)c(C2NCCCS2)c1. The second-order valence-electron chi connectivity index (χ2n) is 3.67. The maximum atomic E-state index is 5.39. The number of ether oxygens (including phenoxy) is 2. The Labute approximate surface area is 101 Å². The van der Waals surface area contributed by atoms with E-state index in [4.69, 9.17) is 9.47 Å². The summed E-state index contributed by atoms with van der Waals surface area (Å²) in [4.78, 5) is 0. The van der Waals surface area contributed by atoms with E-state index in [0.717, 1.165) is 18.0 Å². The molecule has 0 aromatic heterocycles. The third-order valence-electron chi connectivity index (χ3n) is 2.65. The van der Waals surface area contributed by atoms with E-state index in [0.29, 0.717) is 5.37 Å². The number of hydrogen-bond donors (Lipinski definition) is 1. The molecule has 1 saturated heterocycles. The second kappa shape index (κ2) is 5.46. The Kier molecular flexibility index (Phi) is 3.96. The zero-order chi connectivity index (χ0) is 11.4. The third-order valence-corrected chi connectivity index (χ3v) is 3.93. The van der Waals surface area contributed by atoms with Crippen LogP contribution >= 0.6 is 11.8 Å². The molecule has 0 bridgehead atoms. The molecule has 16 heavy (non-hydrogen) atoms. The van der Waals surface area contributed by atoms with Gasteiger partial charge in [0.25, 0.3) is 0 Å². The summed E-state index contributed by atoms with van der Waals surface area (Å²) in [5.74, 6) is 2.99. The highest BCUT2D eigenvalue weighted by Crippen LogP contribution is 2.37. The van der Waals surface area contributed by atoms with Gasteiger partial charge in [0, 0.05) is 5.56 Å². The Balaban J connectivity index is 2.27. The van der Waals surface area contributed by atoms with Gasteiger partial charge in [-0.3, -0.25) is 0 Å². The molecule has 0 aliphatic carbocycles. The lowest BCUT2D eigenvalue weighted by atomic mass is 10.1. The molecular weight excluding hydrogens is 222 g/mol. The van der Waals surface area contributed by atoms with Crippen molar-refractivity contribution < 1.29 is 9.47 Å². The normalized spacial score (nSPS) is 20.5. The predicted octanol–water partition coefficient (Wildman–Crippen LogP) is 2.43. The summed E-state index contributed by atoms with van der Waals surface area (Å²) in [6.07, 6.45) is 1.23. The van der Waals surface area contributed by atoms with E-state index < -0.39 is 0 Å². The van der Waals surface area contributed by atoms with E-state index in [1.807, 2.05) is 23.9 Å². The van der Waals surface area contributed by atoms with Crippen molar-refractivity contribution in [1.82, 2.24) is 5.32 Å². The average molecular weight is 239 g/mol. The first kappa shape index (κ1) is 11.6. The molecule has 1 aromatic rings. The van der Waals surface area contributed by atoms with Crippen molar-refractivity contribution in [2.45, 2.75) is 11.8 Å². The largest absolute Gasteiger partial charge is 0.497 e. The van der Waals surface area contributed by atoms with Crippen LogP contribution in [0.1, 0.15) is 17.4 Å². The molecule has 2 rings (SSSR count). The van der Waals surface area contributed by atoms with Crippen molar-refractivity contribution in [3.05, 3.63) is 23.8 Å². The fourth-order valence-corrected chi connectivity index (χ4v) is 2.96. The van der Waals surface area contributed by atoms with Crippen molar-refractivity contribution in [3.63, 3.8) is 0 Å². The molecule has 3 nitrogen and oxygen atoms in total. The summed E-state index contributed by atoms with van der Waals surface area (Å²) in [7, 11) is 3.39. The molecule has 4 heteroatoms. The van der Waals surface area contributed by atoms with Gasteiger partial charge in [-0.1, -0.05) is 0 Å². The fraction of sp³-hybridized carbons (Fsp3) is 0.500. The zero-order valence-corrected chi connectivity index (χ0v) is 10.5. The zero-order valence-electron chi connectivity index (χ0n) is 9.66. The molecule has 1 aliphatic rings. The van der Waals surface area contributed by atoms with E-state index in [9.17, 15) is 0 Å². The van der Waals surface area contributed by atoms with Gasteiger partial charge in [-0.25, -0.2) is 0 Å². The minimum absolute atomic E-state index is 0.318. The maximum Gasteiger partial charge on any atom is 0.124 e. The van der Waals surface area contributed by atoms with Crippen LogP contribution in [0.15, 0.2) is 18.2 Å². The Hall–Kier alpha value is -0.870. The quantitative estimate of drug-likeness (QED) is 0.877. The van der Waals surface area contributed by atoms with Gasteiger partial charge in [-0.05, 0) is 36.9 Å². The monoisotopic (exact) mass is 239 g/mol. The maximum absolute atomic E-state index is 5.39. The standard InChI is InChI=1S/C12H17NO2S/c1-14-9-4-5-11(15-2)10(8-9)12-13-6-3-7-16-12/h4-5,8,12-13H,3,6-7H2,1-2H3. The van der Waals surface area contributed by atoms with E-state index >= 15 is 0 Å². The Morgan fingerprint density at radius 2 is 2.19 bits per heavy atom. The smallest absolute Gasteiger partial charge is 0.124 e. The first-order valence-corrected chi connectivity index (χ1v) is 6.47. The predicted molar refractivity (Wildman–Crippen MR) is 67.4 cm³/mol. The highest BCUT2D eigenvalue weighted by molar-refractivity contribution is 7.99. The van der Waals surface area contributed by atoms with Crippen molar-refractivity contribution in [1.29, 1.82) is 0 Å². The summed E-state index contributed by atoms with van der Waals surface area (Å²) in [6, 6.07) is 5.94. The molecule has 0 radical (unpaired) electrons. The van der Waals surface area contributed by atoms with E-state index in [1.54, 1.807) is 14.2 Å². The molecule has 1 N–H and O–H groups in total. The molecular formula is C12H17NO2S. The highest BCUT2D eigenvalue weighted by Gasteiger charge is 2.19. The molecule has 1 heterocycles. The van der Waals surface area contributed by atoms with E-state index in [2.05, 4.69) is 11.4 Å². The molecule has 88 valence electrons. The topological polar surface area (TPSA) is 30.5 Å². The lowest BCUT2D eigenvalue weighted by Gasteiger charge is -2.25. The van der Waals surface area contributed by atoms with Crippen LogP contribution in [0.4, 0.5) is 0 Å². The van der Waals surface area contributed by atoms with Gasteiger partial charge in [-0.2, -0.15) is 0 Å². The molecule has 0 amide bonds. The number of rotatable bonds is 3. The second-order valence-corrected chi connectivity index (χ2v) is 4.88. The van der Waals surface area contributed by atoms with Gasteiger partial charge in [0.1, 0.15) is 11.5 Å². The van der Waals surface area contributed by atoms with Crippen LogP contribution in [-0.2, 0) is 0 Å². The lowest BCUT2D eigenvalue weighted by molar-refractivity contribution is 0.396. The number of benzene rings is 1. The van der Waals surface area contributed by atoms with Gasteiger partial charge in [-0.15, -0.1) is 11.8 Å². The van der Waals surface area contributed by atoms with E-state index in [1.165, 1.54) is 17.7 Å². The minimum atomic E-state index is 0.318. The number of nitrogens with one attached hydrogen (secondary N) is 1. The van der Waals surface area contributed by atoms with Crippen molar-refractivity contribution in [3.8, 4) is 11.5 Å². The summed E-state index contributed by atoms with van der Waals surface area (Å²) in [5, 5.41) is 3.81. The van der Waals surface area contributed by atoms with Crippen molar-refractivity contribution in [2.24, 2.45) is 0 Å². The molecule has 1 fully saturated rings. The Bertz CT molecular complexity index is 351. The highest BCUT2D eigenvalue weighted by atomic mass is 32.2. The molecule has 1 aromatic carbocycles. The van der Waals surface area contributed by atoms with Crippen LogP contribution < -0.4 is 14.8 Å². The molecule has 0 spiro atoms. The fourth-order valence-electron chi connectivity index (χ4n) is 1.81. The van der Waals surface area contributed by atoms with Crippen LogP contribution in [0.5, 0.6) is 11.5 Å². The molecule has 1 unspecified atom stereocenters. The van der Waals surface area contributed by atoms with Crippen LogP contribution in [-0.4, -0.2) is 26.5 Å².